The van der Waals surface area contributed by atoms with Crippen molar-refractivity contribution in [2.24, 2.45) is 0 Å². The van der Waals surface area contributed by atoms with Crippen molar-refractivity contribution in [2.45, 2.75) is 0 Å². The molecule has 0 unspecified atom stereocenters. The number of aromatic nitrogens is 3. The number of rotatable bonds is 1. The highest BCUT2D eigenvalue weighted by Crippen LogP contribution is 1.97. The zero-order valence-electron chi connectivity index (χ0n) is 6.14. The highest BCUT2D eigenvalue weighted by atomic mass is 16.1. The van der Waals surface area contributed by atoms with Gasteiger partial charge in [-0.05, 0) is 0 Å². The van der Waals surface area contributed by atoms with E-state index < -0.39 is 0 Å². The van der Waals surface area contributed by atoms with Gasteiger partial charge in [-0.3, -0.25) is 9.20 Å². The van der Waals surface area contributed by atoms with E-state index in [4.69, 9.17) is 7.85 Å². The smallest absolute Gasteiger partial charge is 0.153 e. The van der Waals surface area contributed by atoms with Crippen LogP contribution in [0.3, 0.4) is 0 Å². The van der Waals surface area contributed by atoms with Gasteiger partial charge in [-0.1, -0.05) is 11.5 Å². The Morgan fingerprint density at radius 2 is 2.42 bits per heavy atom. The quantitative estimate of drug-likeness (QED) is 0.407. The van der Waals surface area contributed by atoms with Gasteiger partial charge in [0.05, 0.1) is 0 Å². The number of hydrogen-bond acceptors (Lipinski definition) is 3. The van der Waals surface area contributed by atoms with Crippen molar-refractivity contribution in [3.8, 4) is 0 Å². The number of fused-ring (bicyclic) bond motifs is 1. The van der Waals surface area contributed by atoms with Gasteiger partial charge in [-0.15, -0.1) is 10.2 Å². The molecule has 2 aromatic heterocycles. The van der Waals surface area contributed by atoms with E-state index in [0.717, 1.165) is 6.29 Å². The first-order chi connectivity index (χ1) is 5.81. The Balaban J connectivity index is 2.83. The molecule has 2 aromatic rings. The molecule has 0 amide bonds. The van der Waals surface area contributed by atoms with E-state index in [1.54, 1.807) is 16.7 Å². The van der Waals surface area contributed by atoms with Crippen LogP contribution in [0.4, 0.5) is 0 Å². The maximum Gasteiger partial charge on any atom is 0.153 e. The normalized spacial score (nSPS) is 10.3. The minimum absolute atomic E-state index is 0.456. The molecule has 2 radical (unpaired) electrons. The second kappa shape index (κ2) is 2.44. The standard InChI is InChI=1S/C7H4BN3O/c8-6-1-5(3-12)2-11-4-9-10-7(6)11/h1-4H. The van der Waals surface area contributed by atoms with Crippen molar-refractivity contribution in [1.29, 1.82) is 0 Å². The fourth-order valence-electron chi connectivity index (χ4n) is 1.05. The van der Waals surface area contributed by atoms with Crippen LogP contribution in [-0.4, -0.2) is 28.7 Å². The second-order valence-electron chi connectivity index (χ2n) is 2.41. The average molecular weight is 157 g/mol. The zero-order chi connectivity index (χ0) is 8.55. The van der Waals surface area contributed by atoms with Gasteiger partial charge in [0.25, 0.3) is 0 Å². The summed E-state index contributed by atoms with van der Waals surface area (Å²) >= 11 is 0. The molecule has 0 aliphatic carbocycles. The molecule has 5 heteroatoms. The van der Waals surface area contributed by atoms with Crippen molar-refractivity contribution >= 4 is 25.2 Å². The van der Waals surface area contributed by atoms with Crippen LogP contribution in [0.2, 0.25) is 0 Å². The van der Waals surface area contributed by atoms with Gasteiger partial charge in [-0.2, -0.15) is 0 Å². The third-order valence-corrected chi connectivity index (χ3v) is 1.58. The van der Waals surface area contributed by atoms with Crippen LogP contribution < -0.4 is 5.46 Å². The maximum atomic E-state index is 10.4. The van der Waals surface area contributed by atoms with Gasteiger partial charge in [0.1, 0.15) is 14.2 Å². The third kappa shape index (κ3) is 0.904. The molecule has 0 N–H and O–H groups in total. The summed E-state index contributed by atoms with van der Waals surface area (Å²) in [6.07, 6.45) is 3.85. The van der Waals surface area contributed by atoms with E-state index in [2.05, 4.69) is 10.2 Å². The first-order valence-electron chi connectivity index (χ1n) is 3.35. The van der Waals surface area contributed by atoms with Gasteiger partial charge >= 0.3 is 0 Å². The van der Waals surface area contributed by atoms with Crippen molar-refractivity contribution in [1.82, 2.24) is 14.6 Å². The van der Waals surface area contributed by atoms with E-state index >= 15 is 0 Å². The van der Waals surface area contributed by atoms with E-state index in [-0.39, 0.29) is 0 Å². The summed E-state index contributed by atoms with van der Waals surface area (Å²) in [6, 6.07) is 1.57. The fraction of sp³-hybridized carbons (Fsp3) is 0. The van der Waals surface area contributed by atoms with Crippen molar-refractivity contribution in [3.05, 3.63) is 24.2 Å². The highest BCUT2D eigenvalue weighted by Gasteiger charge is 2.00. The van der Waals surface area contributed by atoms with Gasteiger partial charge in [0, 0.05) is 11.8 Å². The lowest BCUT2D eigenvalue weighted by Gasteiger charge is -1.97. The third-order valence-electron chi connectivity index (χ3n) is 1.58. The number of carbonyl (C=O) groups excluding carboxylic acids is 1. The molecule has 0 aromatic carbocycles. The first kappa shape index (κ1) is 7.03. The van der Waals surface area contributed by atoms with Crippen LogP contribution in [0.25, 0.3) is 5.65 Å². The summed E-state index contributed by atoms with van der Waals surface area (Å²) in [5, 5.41) is 7.42. The Morgan fingerprint density at radius 3 is 3.17 bits per heavy atom. The Bertz CT molecular complexity index is 437. The molecule has 2 rings (SSSR count). The SMILES string of the molecule is [B]c1cc(C=O)cn2cnnc12. The molecule has 56 valence electrons. The number of pyridine rings is 1. The molecule has 0 fully saturated rings. The van der Waals surface area contributed by atoms with Gasteiger partial charge in [0.2, 0.25) is 0 Å². The minimum Gasteiger partial charge on any atom is -0.298 e. The number of aldehydes is 1. The molecule has 2 heterocycles. The minimum atomic E-state index is 0.456. The lowest BCUT2D eigenvalue weighted by Crippen LogP contribution is -2.09. The second-order valence-corrected chi connectivity index (χ2v) is 2.41. The molecular formula is C7H4BN3O. The molecule has 0 spiro atoms. The molecule has 0 atom stereocenters. The Kier molecular flexibility index (Phi) is 1.43. The summed E-state index contributed by atoms with van der Waals surface area (Å²) < 4.78 is 1.61. The Morgan fingerprint density at radius 1 is 1.58 bits per heavy atom. The molecule has 0 aliphatic heterocycles. The highest BCUT2D eigenvalue weighted by molar-refractivity contribution is 6.36. The lowest BCUT2D eigenvalue weighted by molar-refractivity contribution is 0.112. The molecule has 0 bridgehead atoms. The molecule has 0 saturated carbocycles. The fourth-order valence-corrected chi connectivity index (χ4v) is 1.05. The van der Waals surface area contributed by atoms with Crippen molar-refractivity contribution in [2.75, 3.05) is 0 Å². The summed E-state index contributed by atoms with van der Waals surface area (Å²) in [5.74, 6) is 0. The molecule has 0 aliphatic rings. The predicted octanol–water partition coefficient (Wildman–Crippen LogP) is -0.664. The van der Waals surface area contributed by atoms with Crippen LogP contribution in [0.1, 0.15) is 10.4 Å². The van der Waals surface area contributed by atoms with Crippen LogP contribution in [0, 0.1) is 0 Å². The lowest BCUT2D eigenvalue weighted by atomic mass is 9.96. The van der Waals surface area contributed by atoms with Gasteiger partial charge in [0.15, 0.2) is 11.9 Å². The van der Waals surface area contributed by atoms with Crippen LogP contribution in [0.15, 0.2) is 18.6 Å². The van der Waals surface area contributed by atoms with Gasteiger partial charge in [-0.25, -0.2) is 0 Å². The summed E-state index contributed by atoms with van der Waals surface area (Å²) in [4.78, 5) is 10.4. The van der Waals surface area contributed by atoms with E-state index in [0.29, 0.717) is 16.7 Å². The maximum absolute atomic E-state index is 10.4. The topological polar surface area (TPSA) is 47.3 Å². The Hall–Kier alpha value is -1.65. The largest absolute Gasteiger partial charge is 0.298 e. The summed E-state index contributed by atoms with van der Waals surface area (Å²) in [6.45, 7) is 0. The van der Waals surface area contributed by atoms with Crippen molar-refractivity contribution in [3.63, 3.8) is 0 Å². The Labute approximate surface area is 69.6 Å². The van der Waals surface area contributed by atoms with E-state index in [1.165, 1.54) is 6.33 Å². The van der Waals surface area contributed by atoms with Crippen LogP contribution in [0.5, 0.6) is 0 Å². The van der Waals surface area contributed by atoms with Crippen LogP contribution in [-0.2, 0) is 0 Å². The molecular weight excluding hydrogens is 153 g/mol. The predicted molar refractivity (Wildman–Crippen MR) is 43.8 cm³/mol. The van der Waals surface area contributed by atoms with Gasteiger partial charge < -0.3 is 0 Å². The van der Waals surface area contributed by atoms with Crippen LogP contribution >= 0.6 is 0 Å². The number of nitrogens with zero attached hydrogens (tertiary/aromatic N) is 3. The zero-order valence-corrected chi connectivity index (χ0v) is 6.14. The number of hydrogen-bond donors (Lipinski definition) is 0. The molecule has 0 saturated heterocycles. The average Bonchev–Trinajstić information content (AvgIpc) is 2.52. The number of carbonyl (C=O) groups is 1. The monoisotopic (exact) mass is 157 g/mol. The van der Waals surface area contributed by atoms with E-state index in [1.807, 2.05) is 0 Å². The summed E-state index contributed by atoms with van der Waals surface area (Å²) in [5.41, 5.74) is 1.54. The molecule has 12 heavy (non-hydrogen) atoms. The molecule has 4 nitrogen and oxygen atoms in total. The van der Waals surface area contributed by atoms with Crippen molar-refractivity contribution < 1.29 is 4.79 Å². The van der Waals surface area contributed by atoms with E-state index in [9.17, 15) is 4.79 Å². The first-order valence-corrected chi connectivity index (χ1v) is 3.35. The summed E-state index contributed by atoms with van der Waals surface area (Å²) in [7, 11) is 5.59.